The molecule has 1 aromatic carbocycles. The van der Waals surface area contributed by atoms with Crippen molar-refractivity contribution in [3.63, 3.8) is 0 Å². The maximum Gasteiger partial charge on any atom is 0.186 e. The van der Waals surface area contributed by atoms with Crippen LogP contribution in [-0.2, 0) is 10.0 Å². The minimum absolute atomic E-state index is 0.319. The van der Waals surface area contributed by atoms with E-state index in [2.05, 4.69) is 37.8 Å². The molecular weight excluding hydrogens is 274 g/mol. The van der Waals surface area contributed by atoms with E-state index >= 15 is 0 Å². The van der Waals surface area contributed by atoms with E-state index in [1.54, 1.807) is 0 Å². The summed E-state index contributed by atoms with van der Waals surface area (Å²) < 4.78 is 6.53. The van der Waals surface area contributed by atoms with Crippen LogP contribution in [0.1, 0.15) is 44.1 Å². The maximum atomic E-state index is 10.1. The number of nitriles is 1. The van der Waals surface area contributed by atoms with Crippen molar-refractivity contribution in [2.24, 2.45) is 5.92 Å². The molecule has 1 aromatic rings. The monoisotopic (exact) mass is 301 g/mol. The average molecular weight is 302 g/mol. The minimum Gasteiger partial charge on any atom is -0.396 e. The van der Waals surface area contributed by atoms with Crippen molar-refractivity contribution in [1.29, 1.82) is 5.26 Å². The largest absolute Gasteiger partial charge is 0.396 e. The molecule has 0 spiro atoms. The SMILES string of the molecule is C[Si](C)(C)OC(C#N)(c1ccccc1)C1CCCCCC1. The molecule has 0 saturated heterocycles. The molecule has 1 saturated carbocycles. The Hall–Kier alpha value is -1.11. The molecule has 0 amide bonds. The summed E-state index contributed by atoms with van der Waals surface area (Å²) in [6.45, 7) is 6.54. The van der Waals surface area contributed by atoms with E-state index in [1.165, 1.54) is 25.7 Å². The fourth-order valence-corrected chi connectivity index (χ4v) is 4.71. The lowest BCUT2D eigenvalue weighted by Gasteiger charge is -2.40. The van der Waals surface area contributed by atoms with Gasteiger partial charge in [0, 0.05) is 5.92 Å². The van der Waals surface area contributed by atoms with Gasteiger partial charge < -0.3 is 4.43 Å². The Kier molecular flexibility index (Phi) is 5.24. The van der Waals surface area contributed by atoms with Gasteiger partial charge in [0.1, 0.15) is 6.07 Å². The highest BCUT2D eigenvalue weighted by atomic mass is 28.4. The van der Waals surface area contributed by atoms with Gasteiger partial charge in [-0.25, -0.2) is 0 Å². The Labute approximate surface area is 130 Å². The highest BCUT2D eigenvalue weighted by Crippen LogP contribution is 2.42. The third-order valence-corrected chi connectivity index (χ3v) is 5.20. The molecule has 114 valence electrons. The van der Waals surface area contributed by atoms with Crippen molar-refractivity contribution in [3.8, 4) is 6.07 Å². The highest BCUT2D eigenvalue weighted by Gasteiger charge is 2.44. The number of hydrogen-bond donors (Lipinski definition) is 0. The first-order valence-electron chi connectivity index (χ1n) is 8.15. The summed E-state index contributed by atoms with van der Waals surface area (Å²) in [5, 5.41) is 10.1. The Morgan fingerprint density at radius 2 is 1.62 bits per heavy atom. The molecule has 21 heavy (non-hydrogen) atoms. The molecule has 1 atom stereocenters. The summed E-state index contributed by atoms with van der Waals surface area (Å²) >= 11 is 0. The molecule has 0 heterocycles. The molecule has 0 radical (unpaired) electrons. The fourth-order valence-electron chi connectivity index (χ4n) is 3.41. The van der Waals surface area contributed by atoms with E-state index in [-0.39, 0.29) is 0 Å². The van der Waals surface area contributed by atoms with Crippen molar-refractivity contribution in [2.75, 3.05) is 0 Å². The molecular formula is C18H27NOSi. The van der Waals surface area contributed by atoms with Crippen molar-refractivity contribution in [2.45, 2.75) is 63.8 Å². The summed E-state index contributed by atoms with van der Waals surface area (Å²) in [7, 11) is -1.82. The first kappa shape index (κ1) is 16.3. The summed E-state index contributed by atoms with van der Waals surface area (Å²) in [5.74, 6) is 0.319. The molecule has 0 aliphatic heterocycles. The Morgan fingerprint density at radius 3 is 2.10 bits per heavy atom. The smallest absolute Gasteiger partial charge is 0.186 e. The molecule has 2 nitrogen and oxygen atoms in total. The Bertz CT molecular complexity index is 480. The third-order valence-electron chi connectivity index (χ3n) is 4.27. The van der Waals surface area contributed by atoms with Gasteiger partial charge in [-0.1, -0.05) is 56.0 Å². The van der Waals surface area contributed by atoms with Crippen LogP contribution in [0.5, 0.6) is 0 Å². The number of benzene rings is 1. The average Bonchev–Trinajstić information content (AvgIpc) is 2.74. The van der Waals surface area contributed by atoms with E-state index in [0.717, 1.165) is 18.4 Å². The highest BCUT2D eigenvalue weighted by molar-refractivity contribution is 6.69. The summed E-state index contributed by atoms with van der Waals surface area (Å²) in [6, 6.07) is 12.8. The van der Waals surface area contributed by atoms with Gasteiger partial charge in [0.2, 0.25) is 0 Å². The van der Waals surface area contributed by atoms with Gasteiger partial charge in [0.15, 0.2) is 13.9 Å². The Morgan fingerprint density at radius 1 is 1.05 bits per heavy atom. The second-order valence-corrected chi connectivity index (χ2v) is 11.5. The van der Waals surface area contributed by atoms with E-state index in [4.69, 9.17) is 4.43 Å². The zero-order chi connectivity index (χ0) is 15.3. The van der Waals surface area contributed by atoms with Gasteiger partial charge in [-0.15, -0.1) is 0 Å². The quantitative estimate of drug-likeness (QED) is 0.563. The van der Waals surface area contributed by atoms with Gasteiger partial charge in [-0.05, 0) is 38.0 Å². The first-order chi connectivity index (χ1) is 9.98. The normalized spacial score (nSPS) is 20.3. The van der Waals surface area contributed by atoms with Crippen molar-refractivity contribution in [3.05, 3.63) is 35.9 Å². The van der Waals surface area contributed by atoms with Crippen LogP contribution in [-0.4, -0.2) is 8.32 Å². The van der Waals surface area contributed by atoms with Crippen LogP contribution in [0.2, 0.25) is 19.6 Å². The lowest BCUT2D eigenvalue weighted by Crippen LogP contribution is -2.45. The lowest BCUT2D eigenvalue weighted by molar-refractivity contribution is 0.0429. The second kappa shape index (κ2) is 6.77. The van der Waals surface area contributed by atoms with Crippen LogP contribution in [0.4, 0.5) is 0 Å². The first-order valence-corrected chi connectivity index (χ1v) is 11.6. The summed E-state index contributed by atoms with van der Waals surface area (Å²) in [6.07, 6.45) is 7.23. The molecule has 1 fully saturated rings. The number of hydrogen-bond acceptors (Lipinski definition) is 2. The lowest BCUT2D eigenvalue weighted by atomic mass is 9.78. The minimum atomic E-state index is -1.82. The summed E-state index contributed by atoms with van der Waals surface area (Å²) in [5.41, 5.74) is 0.289. The van der Waals surface area contributed by atoms with Gasteiger partial charge in [-0.2, -0.15) is 5.26 Å². The molecule has 0 N–H and O–H groups in total. The zero-order valence-corrected chi connectivity index (χ0v) is 14.6. The number of nitrogens with zero attached hydrogens (tertiary/aromatic N) is 1. The summed E-state index contributed by atoms with van der Waals surface area (Å²) in [4.78, 5) is 0. The molecule has 1 aliphatic rings. The van der Waals surface area contributed by atoms with E-state index in [9.17, 15) is 5.26 Å². The van der Waals surface area contributed by atoms with Crippen LogP contribution in [0.25, 0.3) is 0 Å². The van der Waals surface area contributed by atoms with Crippen molar-refractivity contribution < 1.29 is 4.43 Å². The van der Waals surface area contributed by atoms with Crippen LogP contribution >= 0.6 is 0 Å². The van der Waals surface area contributed by atoms with Gasteiger partial charge in [0.05, 0.1) is 0 Å². The molecule has 1 unspecified atom stereocenters. The molecule has 3 heteroatoms. The topological polar surface area (TPSA) is 33.0 Å². The van der Waals surface area contributed by atoms with Crippen LogP contribution in [0.15, 0.2) is 30.3 Å². The van der Waals surface area contributed by atoms with E-state index in [1.807, 2.05) is 18.2 Å². The van der Waals surface area contributed by atoms with Crippen LogP contribution < -0.4 is 0 Å². The zero-order valence-electron chi connectivity index (χ0n) is 13.6. The maximum absolute atomic E-state index is 10.1. The van der Waals surface area contributed by atoms with E-state index < -0.39 is 13.9 Å². The van der Waals surface area contributed by atoms with Gasteiger partial charge >= 0.3 is 0 Å². The predicted octanol–water partition coefficient (Wildman–Crippen LogP) is 5.23. The Balaban J connectivity index is 2.43. The molecule has 0 bridgehead atoms. The second-order valence-electron chi connectivity index (χ2n) is 7.12. The molecule has 2 rings (SSSR count). The van der Waals surface area contributed by atoms with Crippen LogP contribution in [0, 0.1) is 17.2 Å². The van der Waals surface area contributed by atoms with Gasteiger partial charge in [-0.3, -0.25) is 0 Å². The standard InChI is InChI=1S/C18H27NOSi/c1-21(2,3)20-18(15-19,17-13-9-6-10-14-17)16-11-7-4-5-8-12-16/h6,9-10,13-14,16H,4-5,7-8,11-12H2,1-3H3. The van der Waals surface area contributed by atoms with Crippen LogP contribution in [0.3, 0.4) is 0 Å². The third kappa shape index (κ3) is 3.96. The molecule has 1 aliphatic carbocycles. The molecule has 0 aromatic heterocycles. The van der Waals surface area contributed by atoms with E-state index in [0.29, 0.717) is 5.92 Å². The fraction of sp³-hybridized carbons (Fsp3) is 0.611. The van der Waals surface area contributed by atoms with Crippen molar-refractivity contribution in [1.82, 2.24) is 0 Å². The predicted molar refractivity (Wildman–Crippen MR) is 89.4 cm³/mol. The van der Waals surface area contributed by atoms with Gasteiger partial charge in [0.25, 0.3) is 0 Å². The number of rotatable bonds is 4. The van der Waals surface area contributed by atoms with Crippen molar-refractivity contribution >= 4 is 8.32 Å².